The number of sulfonamides is 1. The third-order valence-corrected chi connectivity index (χ3v) is 9.38. The monoisotopic (exact) mass is 518 g/mol. The molecular weight excluding hydrogens is 478 g/mol. The van der Waals surface area contributed by atoms with Gasteiger partial charge >= 0.3 is 0 Å². The lowest BCUT2D eigenvalue weighted by atomic mass is 9.91. The molecule has 0 saturated heterocycles. The van der Waals surface area contributed by atoms with Crippen LogP contribution >= 0.6 is 0 Å². The molecule has 1 aliphatic carbocycles. The quantitative estimate of drug-likeness (QED) is 0.388. The van der Waals surface area contributed by atoms with Gasteiger partial charge in [0.05, 0.1) is 22.8 Å². The van der Waals surface area contributed by atoms with E-state index in [1.165, 1.54) is 5.57 Å². The molecule has 0 spiro atoms. The van der Waals surface area contributed by atoms with Crippen LogP contribution in [0.4, 0.5) is 11.4 Å². The predicted octanol–water partition coefficient (Wildman–Crippen LogP) is 6.07. The SMILES string of the molecule is CNCC(CCCCC1=CC=CC=C[CH]1)c1ccc(C)c(S(=O)(=O)N2CCN(C)c3cccc(C)c32)c1. The molecule has 1 atom stereocenters. The zero-order valence-corrected chi connectivity index (χ0v) is 23.4. The second-order valence-electron chi connectivity index (χ2n) is 10.1. The van der Waals surface area contributed by atoms with Crippen LogP contribution in [0.15, 0.2) is 77.2 Å². The van der Waals surface area contributed by atoms with Crippen LogP contribution in [-0.4, -0.2) is 42.1 Å². The van der Waals surface area contributed by atoms with E-state index in [0.717, 1.165) is 60.3 Å². The maximum Gasteiger partial charge on any atom is 0.264 e. The van der Waals surface area contributed by atoms with Crippen molar-refractivity contribution in [1.82, 2.24) is 5.32 Å². The molecule has 1 N–H and O–H groups in total. The van der Waals surface area contributed by atoms with Crippen molar-refractivity contribution in [3.05, 3.63) is 95.5 Å². The van der Waals surface area contributed by atoms with Crippen molar-refractivity contribution in [2.24, 2.45) is 0 Å². The van der Waals surface area contributed by atoms with E-state index in [1.54, 1.807) is 4.31 Å². The van der Waals surface area contributed by atoms with Crippen LogP contribution < -0.4 is 14.5 Å². The first-order chi connectivity index (χ1) is 17.8. The molecule has 37 heavy (non-hydrogen) atoms. The number of benzene rings is 2. The fraction of sp³-hybridized carbons (Fsp3) is 0.387. The van der Waals surface area contributed by atoms with Gasteiger partial charge < -0.3 is 10.2 Å². The van der Waals surface area contributed by atoms with Crippen molar-refractivity contribution in [3.8, 4) is 0 Å². The van der Waals surface area contributed by atoms with Crippen LogP contribution in [0.2, 0.25) is 0 Å². The first-order valence-electron chi connectivity index (χ1n) is 13.3. The number of nitrogens with one attached hydrogen (secondary N) is 1. The van der Waals surface area contributed by atoms with Gasteiger partial charge in [0, 0.05) is 26.6 Å². The van der Waals surface area contributed by atoms with Crippen LogP contribution in [0.3, 0.4) is 0 Å². The average molecular weight is 519 g/mol. The van der Waals surface area contributed by atoms with Gasteiger partial charge in [-0.2, -0.15) is 0 Å². The van der Waals surface area contributed by atoms with Crippen molar-refractivity contribution in [2.45, 2.75) is 50.3 Å². The Hall–Kier alpha value is -2.83. The molecule has 1 unspecified atom stereocenters. The molecular formula is C31H40N3O2S. The third kappa shape index (κ3) is 6.19. The number of nitrogens with zero attached hydrogens (tertiary/aromatic N) is 2. The van der Waals surface area contributed by atoms with Crippen LogP contribution in [0, 0.1) is 20.3 Å². The van der Waals surface area contributed by atoms with Gasteiger partial charge in [0.2, 0.25) is 0 Å². The molecule has 0 fully saturated rings. The Labute approximate surface area is 223 Å². The fourth-order valence-electron chi connectivity index (χ4n) is 5.32. The van der Waals surface area contributed by atoms with Crippen molar-refractivity contribution in [1.29, 1.82) is 0 Å². The summed E-state index contributed by atoms with van der Waals surface area (Å²) in [5.74, 6) is 0.257. The lowest BCUT2D eigenvalue weighted by Crippen LogP contribution is -2.43. The van der Waals surface area contributed by atoms with Crippen molar-refractivity contribution in [3.63, 3.8) is 0 Å². The topological polar surface area (TPSA) is 52.7 Å². The number of aryl methyl sites for hydroxylation is 2. The number of rotatable bonds is 10. The summed E-state index contributed by atoms with van der Waals surface area (Å²) in [7, 11) is 0.283. The summed E-state index contributed by atoms with van der Waals surface area (Å²) in [5, 5.41) is 3.33. The predicted molar refractivity (Wildman–Crippen MR) is 156 cm³/mol. The molecule has 0 bridgehead atoms. The summed E-state index contributed by atoms with van der Waals surface area (Å²) in [5.41, 5.74) is 5.95. The molecule has 0 saturated carbocycles. The summed E-state index contributed by atoms with van der Waals surface area (Å²) in [6.45, 7) is 5.81. The summed E-state index contributed by atoms with van der Waals surface area (Å²) in [6.07, 6.45) is 16.9. The minimum atomic E-state index is -3.70. The van der Waals surface area contributed by atoms with E-state index in [9.17, 15) is 8.42 Å². The molecule has 1 aliphatic heterocycles. The van der Waals surface area contributed by atoms with Crippen molar-refractivity contribution < 1.29 is 8.42 Å². The van der Waals surface area contributed by atoms with E-state index >= 15 is 0 Å². The molecule has 6 heteroatoms. The first kappa shape index (κ1) is 27.2. The number of anilines is 2. The Morgan fingerprint density at radius 3 is 2.59 bits per heavy atom. The van der Waals surface area contributed by atoms with E-state index in [2.05, 4.69) is 53.1 Å². The lowest BCUT2D eigenvalue weighted by Gasteiger charge is -2.37. The Balaban J connectivity index is 1.55. The van der Waals surface area contributed by atoms with Gasteiger partial charge in [-0.15, -0.1) is 0 Å². The van der Waals surface area contributed by atoms with Crippen LogP contribution in [0.1, 0.15) is 48.3 Å². The van der Waals surface area contributed by atoms with Gasteiger partial charge in [0.15, 0.2) is 0 Å². The van der Waals surface area contributed by atoms with Gasteiger partial charge in [-0.25, -0.2) is 8.42 Å². The molecule has 2 aromatic carbocycles. The zero-order valence-electron chi connectivity index (χ0n) is 22.6. The normalized spacial score (nSPS) is 16.4. The molecule has 5 nitrogen and oxygen atoms in total. The molecule has 2 aromatic rings. The molecule has 0 amide bonds. The fourth-order valence-corrected chi connectivity index (χ4v) is 7.12. The minimum absolute atomic E-state index is 0.257. The maximum atomic E-state index is 14.1. The number of unbranched alkanes of at least 4 members (excludes halogenated alkanes) is 1. The van der Waals surface area contributed by atoms with Crippen molar-refractivity contribution in [2.75, 3.05) is 42.9 Å². The zero-order chi connectivity index (χ0) is 26.4. The summed E-state index contributed by atoms with van der Waals surface area (Å²) < 4.78 is 29.8. The second-order valence-corrected chi connectivity index (χ2v) is 12.0. The first-order valence-corrected chi connectivity index (χ1v) is 14.7. The Morgan fingerprint density at radius 2 is 1.78 bits per heavy atom. The standard InChI is InChI=1S/C31H40N3O2S/c1-24-18-19-27(28(23-32-3)16-10-9-15-26-13-7-5-6-8-14-26)22-30(24)37(35,36)34-21-20-33(4)29-17-11-12-25(2)31(29)34/h5-8,11-14,17-19,22,28,32H,9-10,15-16,20-21,23H2,1-4H3. The van der Waals surface area contributed by atoms with E-state index in [4.69, 9.17) is 0 Å². The minimum Gasteiger partial charge on any atom is -0.371 e. The van der Waals surface area contributed by atoms with Gasteiger partial charge in [0.25, 0.3) is 10.0 Å². The van der Waals surface area contributed by atoms with E-state index in [-0.39, 0.29) is 5.92 Å². The largest absolute Gasteiger partial charge is 0.371 e. The van der Waals surface area contributed by atoms with Gasteiger partial charge in [-0.3, -0.25) is 4.31 Å². The number of allylic oxidation sites excluding steroid dienone is 6. The molecule has 0 aromatic heterocycles. The van der Waals surface area contributed by atoms with E-state index in [0.29, 0.717) is 18.0 Å². The molecule has 197 valence electrons. The van der Waals surface area contributed by atoms with Gasteiger partial charge in [-0.05, 0) is 74.9 Å². The number of fused-ring (bicyclic) bond motifs is 1. The van der Waals surface area contributed by atoms with E-state index in [1.807, 2.05) is 58.3 Å². The number of likely N-dealkylation sites (N-methyl/N-ethyl adjacent to an activating group) is 2. The Morgan fingerprint density at radius 1 is 0.973 bits per heavy atom. The highest BCUT2D eigenvalue weighted by atomic mass is 32.2. The highest BCUT2D eigenvalue weighted by Gasteiger charge is 2.33. The number of para-hydroxylation sites is 1. The summed E-state index contributed by atoms with van der Waals surface area (Å²) in [4.78, 5) is 2.55. The highest BCUT2D eigenvalue weighted by Crippen LogP contribution is 2.39. The molecule has 1 heterocycles. The van der Waals surface area contributed by atoms with Crippen LogP contribution in [0.25, 0.3) is 0 Å². The Bertz CT molecular complexity index is 1290. The highest BCUT2D eigenvalue weighted by molar-refractivity contribution is 7.93. The third-order valence-electron chi connectivity index (χ3n) is 7.44. The lowest BCUT2D eigenvalue weighted by molar-refractivity contribution is 0.543. The van der Waals surface area contributed by atoms with Crippen LogP contribution in [-0.2, 0) is 10.0 Å². The molecule has 4 rings (SSSR count). The smallest absolute Gasteiger partial charge is 0.264 e. The molecule has 2 aliphatic rings. The summed E-state index contributed by atoms with van der Waals surface area (Å²) >= 11 is 0. The Kier molecular flexibility index (Phi) is 8.93. The van der Waals surface area contributed by atoms with E-state index < -0.39 is 10.0 Å². The number of hydrogen-bond acceptors (Lipinski definition) is 4. The maximum absolute atomic E-state index is 14.1. The number of hydrogen-bond donors (Lipinski definition) is 1. The van der Waals surface area contributed by atoms with Crippen LogP contribution in [0.5, 0.6) is 0 Å². The average Bonchev–Trinajstić information content (AvgIpc) is 3.16. The van der Waals surface area contributed by atoms with Crippen molar-refractivity contribution >= 4 is 21.4 Å². The molecule has 1 radical (unpaired) electrons. The second kappa shape index (κ2) is 12.1. The van der Waals surface area contributed by atoms with Gasteiger partial charge in [-0.1, -0.05) is 66.6 Å². The summed E-state index contributed by atoms with van der Waals surface area (Å²) in [6, 6.07) is 12.0. The van der Waals surface area contributed by atoms with Gasteiger partial charge in [0.1, 0.15) is 0 Å².